The highest BCUT2D eigenvalue weighted by Gasteiger charge is 2.11. The predicted octanol–water partition coefficient (Wildman–Crippen LogP) is 2.63. The normalized spacial score (nSPS) is 11.9. The summed E-state index contributed by atoms with van der Waals surface area (Å²) >= 11 is 0. The Morgan fingerprint density at radius 3 is 2.72 bits per heavy atom. The van der Waals surface area contributed by atoms with Gasteiger partial charge in [0, 0.05) is 17.5 Å². The van der Waals surface area contributed by atoms with Crippen LogP contribution in [0.4, 0.5) is 0 Å². The number of rotatable bonds is 6. The van der Waals surface area contributed by atoms with Crippen LogP contribution in [0.2, 0.25) is 0 Å². The number of carbonyl (C=O) groups is 1. The van der Waals surface area contributed by atoms with Gasteiger partial charge in [-0.25, -0.2) is 14.5 Å². The fourth-order valence-corrected chi connectivity index (χ4v) is 2.90. The Bertz CT molecular complexity index is 1180. The van der Waals surface area contributed by atoms with E-state index in [2.05, 4.69) is 15.4 Å². The number of carbonyl (C=O) groups excluding carboxylic acids is 1. The van der Waals surface area contributed by atoms with E-state index in [1.54, 1.807) is 35.3 Å². The zero-order valence-electron chi connectivity index (χ0n) is 15.6. The molecule has 1 amide bonds. The summed E-state index contributed by atoms with van der Waals surface area (Å²) in [5.41, 5.74) is 1.82. The molecule has 0 aliphatic rings. The van der Waals surface area contributed by atoms with Gasteiger partial charge in [0.05, 0.1) is 11.7 Å². The molecule has 2 heterocycles. The molecule has 8 nitrogen and oxygen atoms in total. The van der Waals surface area contributed by atoms with E-state index in [1.165, 1.54) is 12.4 Å². The molecule has 2 aromatic carbocycles. The molecule has 4 aromatic rings. The smallest absolute Gasteiger partial charge is 0.336 e. The lowest BCUT2D eigenvalue weighted by Crippen LogP contribution is -2.31. The first kappa shape index (κ1) is 18.4. The molecule has 0 aliphatic carbocycles. The number of aromatic nitrogens is 3. The van der Waals surface area contributed by atoms with Gasteiger partial charge < -0.3 is 14.5 Å². The van der Waals surface area contributed by atoms with E-state index in [9.17, 15) is 9.59 Å². The summed E-state index contributed by atoms with van der Waals surface area (Å²) in [6.07, 6.45) is 3.09. The van der Waals surface area contributed by atoms with E-state index >= 15 is 0 Å². The van der Waals surface area contributed by atoms with Crippen LogP contribution in [0.5, 0.6) is 5.75 Å². The molecule has 0 fully saturated rings. The molecule has 2 aromatic heterocycles. The fraction of sp³-hybridized carbons (Fsp3) is 0.143. The lowest BCUT2D eigenvalue weighted by Gasteiger charge is -2.15. The summed E-state index contributed by atoms with van der Waals surface area (Å²) in [6, 6.07) is 15.6. The van der Waals surface area contributed by atoms with Crippen LogP contribution in [-0.2, 0) is 4.79 Å². The van der Waals surface area contributed by atoms with Crippen molar-refractivity contribution in [2.24, 2.45) is 0 Å². The molecule has 1 unspecified atom stereocenters. The Balaban J connectivity index is 1.35. The standard InChI is InChI=1S/C21H18N4O4/c1-14(15-2-6-17(7-3-15)25-13-22-12-23-25)24-20(26)11-28-18-8-4-16-5-9-21(27)29-19(16)10-18/h2-10,12-14H,11H2,1H3,(H,24,26). The second-order valence-electron chi connectivity index (χ2n) is 6.46. The van der Waals surface area contributed by atoms with Crippen molar-refractivity contribution in [3.8, 4) is 11.4 Å². The number of fused-ring (bicyclic) bond motifs is 1. The number of hydrogen-bond donors (Lipinski definition) is 1. The van der Waals surface area contributed by atoms with Gasteiger partial charge in [0.25, 0.3) is 5.91 Å². The van der Waals surface area contributed by atoms with E-state index in [0.717, 1.165) is 16.6 Å². The van der Waals surface area contributed by atoms with E-state index in [0.29, 0.717) is 11.3 Å². The molecule has 1 atom stereocenters. The molecular formula is C21H18N4O4. The van der Waals surface area contributed by atoms with E-state index < -0.39 is 5.63 Å². The molecule has 0 spiro atoms. The third kappa shape index (κ3) is 4.32. The predicted molar refractivity (Wildman–Crippen MR) is 106 cm³/mol. The van der Waals surface area contributed by atoms with Crippen molar-refractivity contribution in [3.63, 3.8) is 0 Å². The Morgan fingerprint density at radius 2 is 1.97 bits per heavy atom. The number of ether oxygens (including phenoxy) is 1. The summed E-state index contributed by atoms with van der Waals surface area (Å²) in [5, 5.41) is 7.76. The van der Waals surface area contributed by atoms with Gasteiger partial charge in [0.15, 0.2) is 6.61 Å². The largest absolute Gasteiger partial charge is 0.484 e. The van der Waals surface area contributed by atoms with E-state index in [-0.39, 0.29) is 18.6 Å². The maximum absolute atomic E-state index is 12.2. The second kappa shape index (κ2) is 7.97. The van der Waals surface area contributed by atoms with E-state index in [4.69, 9.17) is 9.15 Å². The lowest BCUT2D eigenvalue weighted by atomic mass is 10.1. The van der Waals surface area contributed by atoms with Crippen LogP contribution in [0.3, 0.4) is 0 Å². The number of nitrogens with zero attached hydrogens (tertiary/aromatic N) is 3. The second-order valence-corrected chi connectivity index (χ2v) is 6.46. The third-order valence-electron chi connectivity index (χ3n) is 4.42. The quantitative estimate of drug-likeness (QED) is 0.508. The Hall–Kier alpha value is -3.94. The summed E-state index contributed by atoms with van der Waals surface area (Å²) in [4.78, 5) is 27.5. The van der Waals surface area contributed by atoms with Crippen LogP contribution in [0.15, 0.2) is 76.5 Å². The van der Waals surface area contributed by atoms with Crippen LogP contribution in [0.25, 0.3) is 16.7 Å². The molecule has 0 radical (unpaired) electrons. The molecule has 1 N–H and O–H groups in total. The van der Waals surface area contributed by atoms with Gasteiger partial charge in [-0.05, 0) is 42.8 Å². The van der Waals surface area contributed by atoms with Crippen LogP contribution in [-0.4, -0.2) is 27.3 Å². The average molecular weight is 390 g/mol. The summed E-state index contributed by atoms with van der Waals surface area (Å²) in [6.45, 7) is 1.75. The zero-order valence-corrected chi connectivity index (χ0v) is 15.6. The Labute approximate surface area is 165 Å². The zero-order chi connectivity index (χ0) is 20.2. The molecule has 0 saturated heterocycles. The Kier molecular flexibility index (Phi) is 5.07. The van der Waals surface area contributed by atoms with Gasteiger partial charge in [-0.1, -0.05) is 12.1 Å². The minimum absolute atomic E-state index is 0.149. The van der Waals surface area contributed by atoms with Crippen molar-refractivity contribution in [2.75, 3.05) is 6.61 Å². The van der Waals surface area contributed by atoms with Crippen LogP contribution in [0, 0.1) is 0 Å². The summed E-state index contributed by atoms with van der Waals surface area (Å²) in [5.74, 6) is 0.194. The molecule has 29 heavy (non-hydrogen) atoms. The van der Waals surface area contributed by atoms with Crippen molar-refractivity contribution >= 4 is 16.9 Å². The first-order valence-corrected chi connectivity index (χ1v) is 8.99. The highest BCUT2D eigenvalue weighted by atomic mass is 16.5. The number of hydrogen-bond acceptors (Lipinski definition) is 6. The molecule has 0 bridgehead atoms. The molecule has 8 heteroatoms. The molecular weight excluding hydrogens is 372 g/mol. The maximum atomic E-state index is 12.2. The maximum Gasteiger partial charge on any atom is 0.336 e. The van der Waals surface area contributed by atoms with E-state index in [1.807, 2.05) is 31.2 Å². The minimum Gasteiger partial charge on any atom is -0.484 e. The summed E-state index contributed by atoms with van der Waals surface area (Å²) < 4.78 is 12.3. The van der Waals surface area contributed by atoms with Crippen LogP contribution >= 0.6 is 0 Å². The van der Waals surface area contributed by atoms with Crippen molar-refractivity contribution in [2.45, 2.75) is 13.0 Å². The van der Waals surface area contributed by atoms with Gasteiger partial charge in [-0.15, -0.1) is 0 Å². The SMILES string of the molecule is CC(NC(=O)COc1ccc2ccc(=O)oc2c1)c1ccc(-n2cncn2)cc1. The molecule has 4 rings (SSSR count). The van der Waals surface area contributed by atoms with Gasteiger partial charge >= 0.3 is 5.63 Å². The van der Waals surface area contributed by atoms with Gasteiger partial charge in [-0.3, -0.25) is 4.79 Å². The highest BCUT2D eigenvalue weighted by Crippen LogP contribution is 2.19. The van der Waals surface area contributed by atoms with Crippen molar-refractivity contribution in [1.29, 1.82) is 0 Å². The lowest BCUT2D eigenvalue weighted by molar-refractivity contribution is -0.123. The van der Waals surface area contributed by atoms with Crippen molar-refractivity contribution < 1.29 is 13.9 Å². The fourth-order valence-electron chi connectivity index (χ4n) is 2.90. The summed E-state index contributed by atoms with van der Waals surface area (Å²) in [7, 11) is 0. The molecule has 0 aliphatic heterocycles. The monoisotopic (exact) mass is 390 g/mol. The number of benzene rings is 2. The minimum atomic E-state index is -0.434. The number of nitrogens with one attached hydrogen (secondary N) is 1. The Morgan fingerprint density at radius 1 is 1.17 bits per heavy atom. The van der Waals surface area contributed by atoms with Crippen LogP contribution < -0.4 is 15.7 Å². The average Bonchev–Trinajstić information content (AvgIpc) is 3.27. The number of amides is 1. The van der Waals surface area contributed by atoms with Gasteiger partial charge in [0.1, 0.15) is 24.0 Å². The first-order chi connectivity index (χ1) is 14.1. The van der Waals surface area contributed by atoms with Crippen molar-refractivity contribution in [1.82, 2.24) is 20.1 Å². The third-order valence-corrected chi connectivity index (χ3v) is 4.42. The molecule has 0 saturated carbocycles. The highest BCUT2D eigenvalue weighted by molar-refractivity contribution is 5.79. The molecule has 146 valence electrons. The topological polar surface area (TPSA) is 99.2 Å². The van der Waals surface area contributed by atoms with Crippen LogP contribution in [0.1, 0.15) is 18.5 Å². The van der Waals surface area contributed by atoms with Gasteiger partial charge in [0.2, 0.25) is 0 Å². The van der Waals surface area contributed by atoms with Crippen molar-refractivity contribution in [3.05, 3.63) is 83.2 Å². The first-order valence-electron chi connectivity index (χ1n) is 8.99. The van der Waals surface area contributed by atoms with Gasteiger partial charge in [-0.2, -0.15) is 5.10 Å².